The van der Waals surface area contributed by atoms with Crippen molar-refractivity contribution in [2.45, 2.75) is 20.8 Å². The van der Waals surface area contributed by atoms with Gasteiger partial charge < -0.3 is 4.42 Å². The van der Waals surface area contributed by atoms with Crippen molar-refractivity contribution in [2.75, 3.05) is 6.54 Å². The number of imide groups is 1. The Morgan fingerprint density at radius 3 is 2.56 bits per heavy atom. The van der Waals surface area contributed by atoms with Gasteiger partial charge in [0.25, 0.3) is 11.8 Å². The summed E-state index contributed by atoms with van der Waals surface area (Å²) in [5.74, 6) is 0.198. The minimum absolute atomic E-state index is 0.224. The summed E-state index contributed by atoms with van der Waals surface area (Å²) < 4.78 is 5.80. The first kappa shape index (κ1) is 15.6. The van der Waals surface area contributed by atoms with E-state index in [2.05, 4.69) is 4.98 Å². The zero-order chi connectivity index (χ0) is 17.7. The van der Waals surface area contributed by atoms with E-state index < -0.39 is 0 Å². The van der Waals surface area contributed by atoms with Crippen molar-refractivity contribution in [1.29, 1.82) is 0 Å². The number of rotatable bonds is 3. The molecule has 126 valence electrons. The molecule has 2 heterocycles. The molecular formula is C20H18N2O3. The molecule has 1 aliphatic rings. The highest BCUT2D eigenvalue weighted by Crippen LogP contribution is 2.30. The van der Waals surface area contributed by atoms with Gasteiger partial charge in [-0.2, -0.15) is 0 Å². The lowest BCUT2D eigenvalue weighted by atomic mass is 10.1. The zero-order valence-electron chi connectivity index (χ0n) is 14.4. The second-order valence-corrected chi connectivity index (χ2v) is 6.87. The summed E-state index contributed by atoms with van der Waals surface area (Å²) in [6.45, 7) is 6.38. The predicted octanol–water partition coefficient (Wildman–Crippen LogP) is 4.06. The third-order valence-electron chi connectivity index (χ3n) is 4.31. The number of aromatic nitrogens is 1. The van der Waals surface area contributed by atoms with Crippen molar-refractivity contribution in [3.63, 3.8) is 0 Å². The number of hydrogen-bond acceptors (Lipinski definition) is 4. The fourth-order valence-corrected chi connectivity index (χ4v) is 3.12. The van der Waals surface area contributed by atoms with E-state index in [0.717, 1.165) is 11.1 Å². The Morgan fingerprint density at radius 1 is 1.04 bits per heavy atom. The Bertz CT molecular complexity index is 1020. The molecule has 0 saturated carbocycles. The van der Waals surface area contributed by atoms with Crippen LogP contribution in [0.2, 0.25) is 0 Å². The van der Waals surface area contributed by atoms with Gasteiger partial charge in [-0.1, -0.05) is 19.9 Å². The first-order valence-corrected chi connectivity index (χ1v) is 8.32. The number of amides is 2. The van der Waals surface area contributed by atoms with Crippen molar-refractivity contribution in [3.8, 4) is 11.5 Å². The number of nitrogens with zero attached hydrogens (tertiary/aromatic N) is 2. The number of carbonyl (C=O) groups excluding carboxylic acids is 2. The summed E-state index contributed by atoms with van der Waals surface area (Å²) in [6, 6.07) is 11.0. The maximum absolute atomic E-state index is 12.6. The fraction of sp³-hybridized carbons (Fsp3) is 0.250. The molecule has 0 fully saturated rings. The van der Waals surface area contributed by atoms with E-state index in [0.29, 0.717) is 34.7 Å². The van der Waals surface area contributed by atoms with Crippen molar-refractivity contribution in [2.24, 2.45) is 5.92 Å². The lowest BCUT2D eigenvalue weighted by Gasteiger charge is -2.15. The van der Waals surface area contributed by atoms with Crippen LogP contribution >= 0.6 is 0 Å². The van der Waals surface area contributed by atoms with Gasteiger partial charge in [0, 0.05) is 12.1 Å². The molecule has 5 heteroatoms. The fourth-order valence-electron chi connectivity index (χ4n) is 3.12. The van der Waals surface area contributed by atoms with Gasteiger partial charge >= 0.3 is 0 Å². The third kappa shape index (κ3) is 2.52. The standard InChI is InChI=1S/C20H18N2O3/c1-11(2)10-22-19(23)14-6-5-13(9-15(14)20(22)24)18-21-16-8-12(3)4-7-17(16)25-18/h4-9,11H,10H2,1-3H3. The number of hydrogen-bond donors (Lipinski definition) is 0. The van der Waals surface area contributed by atoms with Crippen molar-refractivity contribution in [1.82, 2.24) is 9.88 Å². The van der Waals surface area contributed by atoms with Gasteiger partial charge in [-0.05, 0) is 48.7 Å². The first-order valence-electron chi connectivity index (χ1n) is 8.32. The van der Waals surface area contributed by atoms with Gasteiger partial charge in [0.2, 0.25) is 5.89 Å². The molecule has 2 aromatic carbocycles. The van der Waals surface area contributed by atoms with E-state index in [4.69, 9.17) is 4.42 Å². The second-order valence-electron chi connectivity index (χ2n) is 6.87. The Labute approximate surface area is 145 Å². The molecule has 0 N–H and O–H groups in total. The molecule has 4 rings (SSSR count). The van der Waals surface area contributed by atoms with Crippen molar-refractivity contribution >= 4 is 22.9 Å². The molecule has 0 radical (unpaired) electrons. The smallest absolute Gasteiger partial charge is 0.261 e. The molecule has 25 heavy (non-hydrogen) atoms. The lowest BCUT2D eigenvalue weighted by molar-refractivity contribution is 0.0636. The monoisotopic (exact) mass is 334 g/mol. The minimum atomic E-state index is -0.248. The molecule has 2 amide bonds. The van der Waals surface area contributed by atoms with Crippen LogP contribution in [0.3, 0.4) is 0 Å². The summed E-state index contributed by atoms with van der Waals surface area (Å²) in [7, 11) is 0. The van der Waals surface area contributed by atoms with E-state index in [1.807, 2.05) is 39.0 Å². The zero-order valence-corrected chi connectivity index (χ0v) is 14.4. The summed E-state index contributed by atoms with van der Waals surface area (Å²) in [4.78, 5) is 30.9. The number of benzene rings is 2. The van der Waals surface area contributed by atoms with Crippen molar-refractivity contribution < 1.29 is 14.0 Å². The highest BCUT2D eigenvalue weighted by atomic mass is 16.3. The SMILES string of the molecule is Cc1ccc2oc(-c3ccc4c(c3)C(=O)N(CC(C)C)C4=O)nc2c1. The maximum Gasteiger partial charge on any atom is 0.261 e. The molecule has 0 unspecified atom stereocenters. The van der Waals surface area contributed by atoms with Gasteiger partial charge in [0.1, 0.15) is 5.52 Å². The van der Waals surface area contributed by atoms with Crippen LogP contribution in [0, 0.1) is 12.8 Å². The highest BCUT2D eigenvalue weighted by molar-refractivity contribution is 6.21. The Hall–Kier alpha value is -2.95. The lowest BCUT2D eigenvalue weighted by Crippen LogP contribution is -2.33. The van der Waals surface area contributed by atoms with Crippen molar-refractivity contribution in [3.05, 3.63) is 53.1 Å². The summed E-state index contributed by atoms with van der Waals surface area (Å²) in [6.07, 6.45) is 0. The van der Waals surface area contributed by atoms with Crippen LogP contribution in [0.5, 0.6) is 0 Å². The van der Waals surface area contributed by atoms with Gasteiger partial charge in [0.05, 0.1) is 11.1 Å². The highest BCUT2D eigenvalue weighted by Gasteiger charge is 2.36. The van der Waals surface area contributed by atoms with Crippen LogP contribution in [0.1, 0.15) is 40.1 Å². The van der Waals surface area contributed by atoms with E-state index in [9.17, 15) is 9.59 Å². The molecular weight excluding hydrogens is 316 g/mol. The minimum Gasteiger partial charge on any atom is -0.436 e. The maximum atomic E-state index is 12.6. The van der Waals surface area contributed by atoms with Crippen LogP contribution in [0.4, 0.5) is 0 Å². The van der Waals surface area contributed by atoms with Crippen LogP contribution in [-0.2, 0) is 0 Å². The van der Waals surface area contributed by atoms with Crippen LogP contribution in [-0.4, -0.2) is 28.2 Å². The molecule has 1 aliphatic heterocycles. The molecule has 5 nitrogen and oxygen atoms in total. The summed E-state index contributed by atoms with van der Waals surface area (Å²) >= 11 is 0. The summed E-state index contributed by atoms with van der Waals surface area (Å²) in [5, 5.41) is 0. The van der Waals surface area contributed by atoms with E-state index >= 15 is 0 Å². The molecule has 1 aromatic heterocycles. The van der Waals surface area contributed by atoms with Crippen LogP contribution in [0.25, 0.3) is 22.6 Å². The molecule has 0 spiro atoms. The molecule has 0 saturated heterocycles. The molecule has 0 atom stereocenters. The number of oxazole rings is 1. The number of fused-ring (bicyclic) bond motifs is 2. The summed E-state index contributed by atoms with van der Waals surface area (Å²) in [5.41, 5.74) is 4.14. The Balaban J connectivity index is 1.76. The van der Waals surface area contributed by atoms with Gasteiger partial charge in [0.15, 0.2) is 5.58 Å². The van der Waals surface area contributed by atoms with E-state index in [1.165, 1.54) is 4.90 Å². The first-order chi connectivity index (χ1) is 11.9. The largest absolute Gasteiger partial charge is 0.436 e. The average molecular weight is 334 g/mol. The molecule has 3 aromatic rings. The Morgan fingerprint density at radius 2 is 1.80 bits per heavy atom. The Kier molecular flexibility index (Phi) is 3.46. The number of aryl methyl sites for hydroxylation is 1. The third-order valence-corrected chi connectivity index (χ3v) is 4.31. The van der Waals surface area contributed by atoms with Gasteiger partial charge in [-0.25, -0.2) is 4.98 Å². The van der Waals surface area contributed by atoms with Gasteiger partial charge in [-0.15, -0.1) is 0 Å². The van der Waals surface area contributed by atoms with E-state index in [1.54, 1.807) is 18.2 Å². The normalized spacial score (nSPS) is 14.0. The van der Waals surface area contributed by atoms with Crippen LogP contribution < -0.4 is 0 Å². The molecule has 0 bridgehead atoms. The predicted molar refractivity (Wildman–Crippen MR) is 94.4 cm³/mol. The van der Waals surface area contributed by atoms with Gasteiger partial charge in [-0.3, -0.25) is 14.5 Å². The molecule has 0 aliphatic carbocycles. The topological polar surface area (TPSA) is 63.4 Å². The van der Waals surface area contributed by atoms with Crippen LogP contribution in [0.15, 0.2) is 40.8 Å². The van der Waals surface area contributed by atoms with E-state index in [-0.39, 0.29) is 17.7 Å². The number of carbonyl (C=O) groups is 2. The second kappa shape index (κ2) is 5.55. The average Bonchev–Trinajstić information content (AvgIpc) is 3.09. The quantitative estimate of drug-likeness (QED) is 0.678.